The number of halogens is 1. The Morgan fingerprint density at radius 1 is 1.00 bits per heavy atom. The van der Waals surface area contributed by atoms with Crippen molar-refractivity contribution in [3.8, 4) is 0 Å². The number of amides is 1. The Kier molecular flexibility index (Phi) is 4.98. The van der Waals surface area contributed by atoms with Gasteiger partial charge >= 0.3 is 5.97 Å². The number of H-pyrrole nitrogens is 1. The monoisotopic (exact) mass is 428 g/mol. The van der Waals surface area contributed by atoms with Gasteiger partial charge in [0.1, 0.15) is 5.82 Å². The number of para-hydroxylation sites is 1. The quantitative estimate of drug-likeness (QED) is 0.473. The van der Waals surface area contributed by atoms with Gasteiger partial charge < -0.3 is 14.6 Å². The number of benzene rings is 3. The number of carbonyl (C=O) groups is 2. The Balaban J connectivity index is 1.62. The van der Waals surface area contributed by atoms with Crippen molar-refractivity contribution < 1.29 is 18.7 Å². The second-order valence-electron chi connectivity index (χ2n) is 7.84. The molecular weight excluding hydrogens is 407 g/mol. The Bertz CT molecular complexity index is 1330. The van der Waals surface area contributed by atoms with Crippen molar-refractivity contribution in [2.24, 2.45) is 0 Å². The van der Waals surface area contributed by atoms with Crippen molar-refractivity contribution in [2.45, 2.75) is 12.5 Å². The number of fused-ring (bicyclic) bond motifs is 3. The minimum Gasteiger partial charge on any atom is -0.465 e. The number of ether oxygens (including phenoxy) is 1. The molecule has 6 heteroatoms. The van der Waals surface area contributed by atoms with Gasteiger partial charge in [0.25, 0.3) is 5.91 Å². The zero-order valence-electron chi connectivity index (χ0n) is 17.5. The highest BCUT2D eigenvalue weighted by atomic mass is 19.1. The van der Waals surface area contributed by atoms with Gasteiger partial charge in [-0.3, -0.25) is 4.79 Å². The number of aromatic nitrogens is 1. The number of nitrogens with one attached hydrogen (secondary N) is 1. The van der Waals surface area contributed by atoms with Crippen LogP contribution in [0.5, 0.6) is 0 Å². The summed E-state index contributed by atoms with van der Waals surface area (Å²) in [5, 5.41) is 1.13. The molecule has 0 fully saturated rings. The van der Waals surface area contributed by atoms with Crippen LogP contribution in [-0.2, 0) is 11.2 Å². The predicted octanol–water partition coefficient (Wildman–Crippen LogP) is 4.88. The van der Waals surface area contributed by atoms with E-state index in [0.29, 0.717) is 24.1 Å². The molecule has 0 spiro atoms. The Morgan fingerprint density at radius 2 is 1.75 bits per heavy atom. The van der Waals surface area contributed by atoms with E-state index in [0.717, 1.165) is 22.2 Å². The maximum Gasteiger partial charge on any atom is 0.337 e. The third kappa shape index (κ3) is 3.34. The lowest BCUT2D eigenvalue weighted by Gasteiger charge is -2.36. The average Bonchev–Trinajstić information content (AvgIpc) is 3.22. The van der Waals surface area contributed by atoms with E-state index >= 15 is 0 Å². The summed E-state index contributed by atoms with van der Waals surface area (Å²) in [4.78, 5) is 30.9. The van der Waals surface area contributed by atoms with E-state index in [-0.39, 0.29) is 11.7 Å². The largest absolute Gasteiger partial charge is 0.465 e. The SMILES string of the molecule is COC(=O)c1cccc(C(=O)N2CCc3c([nH]c4ccccc34)[C@@H]2c2ccc(F)cc2)c1. The molecule has 1 aliphatic heterocycles. The third-order valence-corrected chi connectivity index (χ3v) is 6.01. The molecule has 1 atom stereocenters. The molecule has 0 aliphatic carbocycles. The van der Waals surface area contributed by atoms with E-state index in [4.69, 9.17) is 4.74 Å². The lowest BCUT2D eigenvalue weighted by molar-refractivity contribution is 0.0600. The first-order valence-corrected chi connectivity index (χ1v) is 10.4. The molecule has 0 bridgehead atoms. The lowest BCUT2D eigenvalue weighted by atomic mass is 9.91. The molecule has 0 radical (unpaired) electrons. The molecule has 1 amide bonds. The Labute approximate surface area is 184 Å². The molecule has 5 rings (SSSR count). The topological polar surface area (TPSA) is 62.4 Å². The normalized spacial score (nSPS) is 15.4. The van der Waals surface area contributed by atoms with Crippen LogP contribution in [-0.4, -0.2) is 35.4 Å². The fraction of sp³-hybridized carbons (Fsp3) is 0.154. The summed E-state index contributed by atoms with van der Waals surface area (Å²) < 4.78 is 18.5. The minimum absolute atomic E-state index is 0.200. The summed E-state index contributed by atoms with van der Waals surface area (Å²) in [7, 11) is 1.31. The van der Waals surface area contributed by atoms with E-state index < -0.39 is 12.0 Å². The second-order valence-corrected chi connectivity index (χ2v) is 7.84. The van der Waals surface area contributed by atoms with Gasteiger partial charge in [0.05, 0.1) is 18.7 Å². The highest BCUT2D eigenvalue weighted by Gasteiger charge is 2.35. The Hall–Kier alpha value is -3.93. The molecule has 0 saturated carbocycles. The van der Waals surface area contributed by atoms with Gasteiger partial charge in [-0.15, -0.1) is 0 Å². The lowest BCUT2D eigenvalue weighted by Crippen LogP contribution is -2.40. The molecule has 3 aromatic carbocycles. The average molecular weight is 428 g/mol. The third-order valence-electron chi connectivity index (χ3n) is 6.01. The number of rotatable bonds is 3. The van der Waals surface area contributed by atoms with Crippen molar-refractivity contribution in [1.82, 2.24) is 9.88 Å². The van der Waals surface area contributed by atoms with Crippen molar-refractivity contribution in [2.75, 3.05) is 13.7 Å². The van der Waals surface area contributed by atoms with Crippen LogP contribution in [0.15, 0.2) is 72.8 Å². The maximum absolute atomic E-state index is 13.7. The van der Waals surface area contributed by atoms with Crippen LogP contribution in [0.1, 0.15) is 43.6 Å². The van der Waals surface area contributed by atoms with E-state index in [1.807, 2.05) is 18.2 Å². The van der Waals surface area contributed by atoms with Crippen molar-refractivity contribution >= 4 is 22.8 Å². The van der Waals surface area contributed by atoms with Crippen molar-refractivity contribution in [1.29, 1.82) is 0 Å². The summed E-state index contributed by atoms with van der Waals surface area (Å²) in [6.07, 6.45) is 0.694. The number of hydrogen-bond acceptors (Lipinski definition) is 3. The molecular formula is C26H21FN2O3. The minimum atomic E-state index is -0.494. The Morgan fingerprint density at radius 3 is 2.53 bits per heavy atom. The van der Waals surface area contributed by atoms with Crippen LogP contribution in [0.4, 0.5) is 4.39 Å². The van der Waals surface area contributed by atoms with E-state index in [9.17, 15) is 14.0 Å². The first-order valence-electron chi connectivity index (χ1n) is 10.4. The number of hydrogen-bond donors (Lipinski definition) is 1. The summed E-state index contributed by atoms with van der Waals surface area (Å²) >= 11 is 0. The van der Waals surface area contributed by atoms with Gasteiger partial charge in [0.15, 0.2) is 0 Å². The molecule has 160 valence electrons. The van der Waals surface area contributed by atoms with Gasteiger partial charge in [-0.25, -0.2) is 9.18 Å². The van der Waals surface area contributed by atoms with Gasteiger partial charge in [-0.1, -0.05) is 36.4 Å². The van der Waals surface area contributed by atoms with E-state index in [1.165, 1.54) is 24.8 Å². The standard InChI is InChI=1S/C26H21FN2O3/c1-32-26(31)18-6-4-5-17(15-18)25(30)29-14-13-21-20-7-2-3-8-22(20)28-23(21)24(29)16-9-11-19(27)12-10-16/h2-12,15,24,28H,13-14H2,1H3/t24-/m0/s1. The van der Waals surface area contributed by atoms with Gasteiger partial charge in [-0.2, -0.15) is 0 Å². The summed E-state index contributed by atoms with van der Waals surface area (Å²) in [6.45, 7) is 0.498. The first-order chi connectivity index (χ1) is 15.6. The zero-order valence-corrected chi connectivity index (χ0v) is 17.5. The number of carbonyl (C=O) groups excluding carboxylic acids is 2. The molecule has 0 saturated heterocycles. The molecule has 5 nitrogen and oxygen atoms in total. The number of esters is 1. The summed E-state index contributed by atoms with van der Waals surface area (Å²) in [5.74, 6) is -1.02. The fourth-order valence-corrected chi connectivity index (χ4v) is 4.51. The van der Waals surface area contributed by atoms with Gasteiger partial charge in [-0.05, 0) is 53.9 Å². The molecule has 1 N–H and O–H groups in total. The zero-order chi connectivity index (χ0) is 22.2. The van der Waals surface area contributed by atoms with Crippen LogP contribution in [0, 0.1) is 5.82 Å². The van der Waals surface area contributed by atoms with Crippen LogP contribution in [0.3, 0.4) is 0 Å². The van der Waals surface area contributed by atoms with E-state index in [1.54, 1.807) is 41.3 Å². The molecule has 1 aromatic heterocycles. The van der Waals surface area contributed by atoms with Crippen LogP contribution in [0.2, 0.25) is 0 Å². The molecule has 2 heterocycles. The number of nitrogens with zero attached hydrogens (tertiary/aromatic N) is 1. The number of methoxy groups -OCH3 is 1. The highest BCUT2D eigenvalue weighted by Crippen LogP contribution is 2.39. The van der Waals surface area contributed by atoms with E-state index in [2.05, 4.69) is 11.1 Å². The highest BCUT2D eigenvalue weighted by molar-refractivity contribution is 5.98. The van der Waals surface area contributed by atoms with Crippen molar-refractivity contribution in [3.63, 3.8) is 0 Å². The predicted molar refractivity (Wildman–Crippen MR) is 119 cm³/mol. The summed E-state index contributed by atoms with van der Waals surface area (Å²) in [6, 6.07) is 20.4. The maximum atomic E-state index is 13.7. The second kappa shape index (κ2) is 7.96. The molecule has 0 unspecified atom stereocenters. The van der Waals surface area contributed by atoms with Crippen LogP contribution >= 0.6 is 0 Å². The smallest absolute Gasteiger partial charge is 0.337 e. The molecule has 32 heavy (non-hydrogen) atoms. The molecule has 1 aliphatic rings. The van der Waals surface area contributed by atoms with Crippen molar-refractivity contribution in [3.05, 3.63) is 107 Å². The fourth-order valence-electron chi connectivity index (χ4n) is 4.51. The first kappa shape index (κ1) is 20.0. The number of aromatic amines is 1. The van der Waals surface area contributed by atoms with Gasteiger partial charge in [0.2, 0.25) is 0 Å². The summed E-state index contributed by atoms with van der Waals surface area (Å²) in [5.41, 5.74) is 4.64. The van der Waals surface area contributed by atoms with Gasteiger partial charge in [0, 0.05) is 28.7 Å². The molecule has 4 aromatic rings. The van der Waals surface area contributed by atoms with Crippen LogP contribution in [0.25, 0.3) is 10.9 Å². The van der Waals surface area contributed by atoms with Crippen LogP contribution < -0.4 is 0 Å².